The maximum Gasteiger partial charge on any atom is 0.287 e. The molecular weight excluding hydrogens is 575 g/mol. The number of benzene rings is 1. The van der Waals surface area contributed by atoms with Crippen LogP contribution >= 0.6 is 0 Å². The van der Waals surface area contributed by atoms with E-state index < -0.39 is 17.6 Å². The van der Waals surface area contributed by atoms with Crippen LogP contribution in [0.15, 0.2) is 30.3 Å². The van der Waals surface area contributed by atoms with Gasteiger partial charge >= 0.3 is 0 Å². The Morgan fingerprint density at radius 2 is 1.38 bits per heavy atom. The second-order valence-corrected chi connectivity index (χ2v) is 6.85. The number of ketones is 1. The SMILES string of the molecule is CC.CCCCCCCCCC(N)=O.[NH-]C(=O)CCC(=O)C(=O)NCc1ccccc1.[Ta]. The summed E-state index contributed by atoms with van der Waals surface area (Å²) in [5.74, 6) is -2.38. The summed E-state index contributed by atoms with van der Waals surface area (Å²) in [5.41, 5.74) is 12.5. The van der Waals surface area contributed by atoms with Gasteiger partial charge in [0, 0.05) is 47.7 Å². The molecule has 0 aromatic heterocycles. The number of hydrogen-bond acceptors (Lipinski definition) is 4. The molecule has 0 aliphatic carbocycles. The predicted molar refractivity (Wildman–Crippen MR) is 125 cm³/mol. The number of hydrogen-bond donors (Lipinski definition) is 2. The predicted octanol–water partition coefficient (Wildman–Crippen LogP) is 4.87. The zero-order chi connectivity index (χ0) is 23.9. The third-order valence-electron chi connectivity index (χ3n) is 4.16. The van der Waals surface area contributed by atoms with Crippen molar-refractivity contribution >= 4 is 23.5 Å². The van der Waals surface area contributed by atoms with E-state index in [1.807, 2.05) is 44.2 Å². The zero-order valence-electron chi connectivity index (χ0n) is 19.8. The second-order valence-electron chi connectivity index (χ2n) is 6.85. The van der Waals surface area contributed by atoms with Crippen LogP contribution in [0.25, 0.3) is 5.73 Å². The van der Waals surface area contributed by atoms with Gasteiger partial charge < -0.3 is 21.6 Å². The molecule has 4 N–H and O–H groups in total. The molecule has 8 heteroatoms. The third-order valence-corrected chi connectivity index (χ3v) is 4.16. The van der Waals surface area contributed by atoms with E-state index in [0.717, 1.165) is 18.4 Å². The number of primary amides is 1. The quantitative estimate of drug-likeness (QED) is 0.229. The molecule has 0 saturated carbocycles. The molecule has 0 unspecified atom stereocenters. The first-order valence-electron chi connectivity index (χ1n) is 11.2. The van der Waals surface area contributed by atoms with Gasteiger partial charge in [-0.1, -0.05) is 89.6 Å². The van der Waals surface area contributed by atoms with E-state index >= 15 is 0 Å². The van der Waals surface area contributed by atoms with Crippen molar-refractivity contribution in [3.8, 4) is 0 Å². The van der Waals surface area contributed by atoms with Gasteiger partial charge in [0.05, 0.1) is 0 Å². The molecule has 0 atom stereocenters. The van der Waals surface area contributed by atoms with E-state index in [1.165, 1.54) is 32.1 Å². The first kappa shape index (κ1) is 34.6. The fourth-order valence-corrected chi connectivity index (χ4v) is 2.47. The molecule has 0 fully saturated rings. The minimum atomic E-state index is -0.839. The van der Waals surface area contributed by atoms with Crippen molar-refractivity contribution in [3.05, 3.63) is 41.6 Å². The van der Waals surface area contributed by atoms with Gasteiger partial charge in [-0.15, -0.1) is 0 Å². The molecule has 1 aromatic carbocycles. The minimum absolute atomic E-state index is 0. The summed E-state index contributed by atoms with van der Waals surface area (Å²) >= 11 is 0. The van der Waals surface area contributed by atoms with Gasteiger partial charge in [0.2, 0.25) is 11.7 Å². The molecule has 1 radical (unpaired) electrons. The molecule has 0 bridgehead atoms. The summed E-state index contributed by atoms with van der Waals surface area (Å²) in [5, 5.41) is 2.46. The van der Waals surface area contributed by atoms with Gasteiger partial charge in [-0.3, -0.25) is 14.4 Å². The molecule has 7 nitrogen and oxygen atoms in total. The molecule has 32 heavy (non-hydrogen) atoms. The summed E-state index contributed by atoms with van der Waals surface area (Å²) in [4.78, 5) is 43.2. The van der Waals surface area contributed by atoms with E-state index in [0.29, 0.717) is 6.42 Å². The number of unbranched alkanes of at least 4 members (excludes halogenated alkanes) is 6. The van der Waals surface area contributed by atoms with Crippen LogP contribution in [-0.4, -0.2) is 23.5 Å². The number of Topliss-reactive ketones (excluding diaryl/α,β-unsaturated/α-hetero) is 1. The van der Waals surface area contributed by atoms with Gasteiger partial charge in [-0.2, -0.15) is 0 Å². The van der Waals surface area contributed by atoms with Crippen LogP contribution < -0.4 is 11.1 Å². The number of nitrogens with two attached hydrogens (primary N) is 1. The van der Waals surface area contributed by atoms with Gasteiger partial charge in [0.1, 0.15) is 0 Å². The van der Waals surface area contributed by atoms with Crippen LogP contribution in [0.3, 0.4) is 0 Å². The Kier molecular flexibility index (Phi) is 27.4. The fraction of sp³-hybridized carbons (Fsp3) is 0.583. The van der Waals surface area contributed by atoms with E-state index in [4.69, 9.17) is 11.5 Å². The molecule has 0 aliphatic heterocycles. The van der Waals surface area contributed by atoms with E-state index in [-0.39, 0.29) is 47.7 Å². The van der Waals surface area contributed by atoms with Crippen LogP contribution in [0, 0.1) is 0 Å². The van der Waals surface area contributed by atoms with E-state index in [2.05, 4.69) is 12.2 Å². The molecule has 1 aromatic rings. The first-order valence-corrected chi connectivity index (χ1v) is 11.2. The molecule has 0 aliphatic rings. The summed E-state index contributed by atoms with van der Waals surface area (Å²) in [6.45, 7) is 6.49. The van der Waals surface area contributed by atoms with Crippen LogP contribution in [-0.2, 0) is 48.1 Å². The van der Waals surface area contributed by atoms with E-state index in [1.54, 1.807) is 0 Å². The summed E-state index contributed by atoms with van der Waals surface area (Å²) in [6, 6.07) is 9.19. The van der Waals surface area contributed by atoms with Gasteiger partial charge in [-0.25, -0.2) is 0 Å². The maximum atomic E-state index is 11.3. The second kappa shape index (κ2) is 25.3. The smallest absolute Gasteiger partial charge is 0.287 e. The monoisotopic (exact) mass is 615 g/mol. The van der Waals surface area contributed by atoms with Crippen molar-refractivity contribution in [2.45, 2.75) is 91.5 Å². The molecule has 181 valence electrons. The molecule has 0 saturated heterocycles. The van der Waals surface area contributed by atoms with Crippen LogP contribution in [0.4, 0.5) is 0 Å². The first-order chi connectivity index (χ1) is 14.9. The van der Waals surface area contributed by atoms with Crippen LogP contribution in [0.1, 0.15) is 90.5 Å². The normalized spacial score (nSPS) is 9.09. The van der Waals surface area contributed by atoms with Gasteiger partial charge in [-0.05, 0) is 18.4 Å². The Morgan fingerprint density at radius 1 is 0.844 bits per heavy atom. The van der Waals surface area contributed by atoms with Gasteiger partial charge in [0.25, 0.3) is 5.91 Å². The Balaban J connectivity index is -0.000000498. The maximum absolute atomic E-state index is 11.3. The van der Waals surface area contributed by atoms with Crippen molar-refractivity contribution in [1.82, 2.24) is 5.32 Å². The minimum Gasteiger partial charge on any atom is -0.668 e. The Labute approximate surface area is 209 Å². The molecule has 3 amide bonds. The van der Waals surface area contributed by atoms with Crippen molar-refractivity contribution in [2.75, 3.05) is 0 Å². The Morgan fingerprint density at radius 3 is 1.88 bits per heavy atom. The number of amides is 3. The van der Waals surface area contributed by atoms with Gasteiger partial charge in [0.15, 0.2) is 0 Å². The van der Waals surface area contributed by atoms with Crippen LogP contribution in [0.5, 0.6) is 0 Å². The average Bonchev–Trinajstić information content (AvgIpc) is 2.77. The third kappa shape index (κ3) is 24.3. The number of nitrogens with one attached hydrogen (secondary N) is 2. The molecular formula is C24H40N3O4Ta-. The Bertz CT molecular complexity index is 625. The zero-order valence-corrected chi connectivity index (χ0v) is 23.0. The fourth-order valence-electron chi connectivity index (χ4n) is 2.47. The van der Waals surface area contributed by atoms with Crippen molar-refractivity contribution in [3.63, 3.8) is 0 Å². The van der Waals surface area contributed by atoms with E-state index in [9.17, 15) is 19.2 Å². The Hall–Kier alpha value is -1.96. The number of rotatable bonds is 14. The molecule has 1 rings (SSSR count). The summed E-state index contributed by atoms with van der Waals surface area (Å²) in [6.07, 6.45) is 8.83. The number of carbonyl (C=O) groups excluding carboxylic acids is 4. The van der Waals surface area contributed by atoms with Crippen molar-refractivity contribution in [2.24, 2.45) is 5.73 Å². The summed E-state index contributed by atoms with van der Waals surface area (Å²) in [7, 11) is 0. The number of carbonyl (C=O) groups is 4. The standard InChI is InChI=1S/C12H14N2O3.C10H21NO.C2H6.Ta/c13-11(16)7-6-10(15)12(17)14-8-9-4-2-1-3-5-9;1-2-3-4-5-6-7-8-9-10(11)12;1-2;/h1-5H,6-8H2,(H3,13,14,16,17);2-9H2,1H3,(H2,11,12);1-2H3;/p-1. The molecule has 0 heterocycles. The molecule has 0 spiro atoms. The topological polar surface area (TPSA) is 130 Å². The van der Waals surface area contributed by atoms with Crippen molar-refractivity contribution < 1.29 is 41.6 Å². The summed E-state index contributed by atoms with van der Waals surface area (Å²) < 4.78 is 0. The van der Waals surface area contributed by atoms with Crippen molar-refractivity contribution in [1.29, 1.82) is 0 Å². The largest absolute Gasteiger partial charge is 0.668 e. The average molecular weight is 616 g/mol. The van der Waals surface area contributed by atoms with Crippen LogP contribution in [0.2, 0.25) is 0 Å².